The van der Waals surface area contributed by atoms with Gasteiger partial charge in [-0.1, -0.05) is 0 Å². The average Bonchev–Trinajstić information content (AvgIpc) is 2.02. The smallest absolute Gasteiger partial charge is 0.320 e. The number of likely N-dealkylation sites (N-methyl/N-ethyl adjacent to an activating group) is 1. The van der Waals surface area contributed by atoms with Crippen molar-refractivity contribution in [2.75, 3.05) is 34.2 Å². The third-order valence-electron chi connectivity index (χ3n) is 2.13. The van der Waals surface area contributed by atoms with Crippen molar-refractivity contribution >= 4 is 5.97 Å². The third-order valence-corrected chi connectivity index (χ3v) is 2.13. The molecule has 0 aromatic rings. The van der Waals surface area contributed by atoms with Gasteiger partial charge in [-0.3, -0.25) is 9.69 Å². The minimum atomic E-state index is -0.757. The maximum atomic E-state index is 10.6. The van der Waals surface area contributed by atoms with Crippen molar-refractivity contribution < 1.29 is 9.90 Å². The molecule has 0 spiro atoms. The molecule has 1 atom stereocenters. The van der Waals surface area contributed by atoms with Crippen molar-refractivity contribution in [3.8, 4) is 0 Å². The molecule has 0 aliphatic rings. The molecule has 4 nitrogen and oxygen atoms in total. The van der Waals surface area contributed by atoms with Crippen LogP contribution in [0.15, 0.2) is 0 Å². The zero-order chi connectivity index (χ0) is 10.4. The molecule has 13 heavy (non-hydrogen) atoms. The zero-order valence-corrected chi connectivity index (χ0v) is 8.95. The highest BCUT2D eigenvalue weighted by molar-refractivity contribution is 5.72. The molecule has 0 amide bonds. The Morgan fingerprint density at radius 2 is 1.85 bits per heavy atom. The van der Waals surface area contributed by atoms with Crippen LogP contribution in [0.25, 0.3) is 0 Å². The van der Waals surface area contributed by atoms with E-state index in [0.29, 0.717) is 0 Å². The monoisotopic (exact) mass is 188 g/mol. The second kappa shape index (κ2) is 5.94. The largest absolute Gasteiger partial charge is 0.480 e. The Balaban J connectivity index is 3.61. The fraction of sp³-hybridized carbons (Fsp3) is 0.889. The van der Waals surface area contributed by atoms with Crippen LogP contribution in [0.2, 0.25) is 0 Å². The Hall–Kier alpha value is -0.610. The second-order valence-electron chi connectivity index (χ2n) is 3.65. The first-order valence-corrected chi connectivity index (χ1v) is 4.53. The molecular formula is C9H20N2O2. The van der Waals surface area contributed by atoms with Gasteiger partial charge in [-0.15, -0.1) is 0 Å². The Morgan fingerprint density at radius 1 is 1.31 bits per heavy atom. The molecule has 0 rings (SSSR count). The fourth-order valence-electron chi connectivity index (χ4n) is 1.02. The van der Waals surface area contributed by atoms with Crippen LogP contribution in [0.3, 0.4) is 0 Å². The molecule has 0 aliphatic heterocycles. The molecule has 0 heterocycles. The van der Waals surface area contributed by atoms with Crippen molar-refractivity contribution in [2.24, 2.45) is 0 Å². The lowest BCUT2D eigenvalue weighted by Gasteiger charge is -2.21. The third kappa shape index (κ3) is 5.60. The van der Waals surface area contributed by atoms with Crippen molar-refractivity contribution in [3.63, 3.8) is 0 Å². The maximum Gasteiger partial charge on any atom is 0.320 e. The standard InChI is InChI=1S/C9H20N2O2/c1-8(9(12)13)11(4)7-5-6-10(2)3/h8H,5-7H2,1-4H3,(H,12,13). The minimum Gasteiger partial charge on any atom is -0.480 e. The van der Waals surface area contributed by atoms with Crippen molar-refractivity contribution in [1.29, 1.82) is 0 Å². The van der Waals surface area contributed by atoms with Gasteiger partial charge in [-0.25, -0.2) is 0 Å². The highest BCUT2D eigenvalue weighted by Crippen LogP contribution is 1.97. The number of hydrogen-bond acceptors (Lipinski definition) is 3. The molecule has 1 unspecified atom stereocenters. The molecule has 1 N–H and O–H groups in total. The molecule has 0 fully saturated rings. The van der Waals surface area contributed by atoms with Crippen LogP contribution in [0, 0.1) is 0 Å². The maximum absolute atomic E-state index is 10.6. The van der Waals surface area contributed by atoms with Gasteiger partial charge in [0.1, 0.15) is 6.04 Å². The topological polar surface area (TPSA) is 43.8 Å². The van der Waals surface area contributed by atoms with Gasteiger partial charge in [0.2, 0.25) is 0 Å². The molecule has 0 bridgehead atoms. The molecule has 0 aromatic heterocycles. The van der Waals surface area contributed by atoms with Crippen LogP contribution < -0.4 is 0 Å². The molecule has 0 saturated carbocycles. The first-order chi connectivity index (χ1) is 5.95. The van der Waals surface area contributed by atoms with Gasteiger partial charge in [-0.2, -0.15) is 0 Å². The van der Waals surface area contributed by atoms with Gasteiger partial charge >= 0.3 is 5.97 Å². The van der Waals surface area contributed by atoms with Crippen LogP contribution in [0.1, 0.15) is 13.3 Å². The van der Waals surface area contributed by atoms with Gasteiger partial charge in [0.15, 0.2) is 0 Å². The van der Waals surface area contributed by atoms with E-state index < -0.39 is 5.97 Å². The molecule has 0 radical (unpaired) electrons. The lowest BCUT2D eigenvalue weighted by Crippen LogP contribution is -2.37. The SMILES string of the molecule is CC(C(=O)O)N(C)CCCN(C)C. The number of nitrogens with zero attached hydrogens (tertiary/aromatic N) is 2. The summed E-state index contributed by atoms with van der Waals surface area (Å²) in [6.07, 6.45) is 1.00. The van der Waals surface area contributed by atoms with Crippen LogP contribution in [0.5, 0.6) is 0 Å². The van der Waals surface area contributed by atoms with Gasteiger partial charge < -0.3 is 10.0 Å². The Kier molecular flexibility index (Phi) is 5.66. The minimum absolute atomic E-state index is 0.387. The lowest BCUT2D eigenvalue weighted by molar-refractivity contribution is -0.142. The molecule has 0 aliphatic carbocycles. The summed E-state index contributed by atoms with van der Waals surface area (Å²) in [6.45, 7) is 3.53. The normalized spacial score (nSPS) is 13.7. The molecule has 0 saturated heterocycles. The number of rotatable bonds is 6. The number of aliphatic carboxylic acids is 1. The summed E-state index contributed by atoms with van der Waals surface area (Å²) in [5, 5.41) is 8.71. The summed E-state index contributed by atoms with van der Waals surface area (Å²) in [6, 6.07) is -0.387. The van der Waals surface area contributed by atoms with E-state index in [1.54, 1.807) is 6.92 Å². The summed E-state index contributed by atoms with van der Waals surface area (Å²) in [5.74, 6) is -0.757. The van der Waals surface area contributed by atoms with E-state index in [4.69, 9.17) is 5.11 Å². The van der Waals surface area contributed by atoms with Crippen LogP contribution >= 0.6 is 0 Å². The van der Waals surface area contributed by atoms with E-state index in [1.807, 2.05) is 26.0 Å². The molecule has 4 heteroatoms. The van der Waals surface area contributed by atoms with Crippen molar-refractivity contribution in [3.05, 3.63) is 0 Å². The van der Waals surface area contributed by atoms with Gasteiger partial charge in [0, 0.05) is 0 Å². The highest BCUT2D eigenvalue weighted by atomic mass is 16.4. The second-order valence-corrected chi connectivity index (χ2v) is 3.65. The van der Waals surface area contributed by atoms with E-state index in [2.05, 4.69) is 4.90 Å². The number of hydrogen-bond donors (Lipinski definition) is 1. The first-order valence-electron chi connectivity index (χ1n) is 4.53. The van der Waals surface area contributed by atoms with Crippen LogP contribution in [-0.2, 0) is 4.79 Å². The molecular weight excluding hydrogens is 168 g/mol. The van der Waals surface area contributed by atoms with Crippen LogP contribution in [0.4, 0.5) is 0 Å². The quantitative estimate of drug-likeness (QED) is 0.653. The summed E-state index contributed by atoms with van der Waals surface area (Å²) in [7, 11) is 5.87. The average molecular weight is 188 g/mol. The Morgan fingerprint density at radius 3 is 2.23 bits per heavy atom. The number of carboxylic acids is 1. The fourth-order valence-corrected chi connectivity index (χ4v) is 1.02. The van der Waals surface area contributed by atoms with E-state index >= 15 is 0 Å². The summed E-state index contributed by atoms with van der Waals surface area (Å²) < 4.78 is 0. The van der Waals surface area contributed by atoms with Gasteiger partial charge in [-0.05, 0) is 47.6 Å². The zero-order valence-electron chi connectivity index (χ0n) is 8.95. The summed E-state index contributed by atoms with van der Waals surface area (Å²) >= 11 is 0. The Labute approximate surface area is 80.1 Å². The number of carboxylic acid groups (broad SMARTS) is 1. The Bertz CT molecular complexity index is 160. The van der Waals surface area contributed by atoms with E-state index in [-0.39, 0.29) is 6.04 Å². The van der Waals surface area contributed by atoms with E-state index in [1.165, 1.54) is 0 Å². The molecule has 0 aromatic carbocycles. The highest BCUT2D eigenvalue weighted by Gasteiger charge is 2.15. The summed E-state index contributed by atoms with van der Waals surface area (Å²) in [5.41, 5.74) is 0. The van der Waals surface area contributed by atoms with Gasteiger partial charge in [0.25, 0.3) is 0 Å². The predicted molar refractivity (Wildman–Crippen MR) is 52.9 cm³/mol. The van der Waals surface area contributed by atoms with Crippen LogP contribution in [-0.4, -0.2) is 61.2 Å². The van der Waals surface area contributed by atoms with Crippen molar-refractivity contribution in [2.45, 2.75) is 19.4 Å². The lowest BCUT2D eigenvalue weighted by atomic mass is 10.3. The van der Waals surface area contributed by atoms with E-state index in [0.717, 1.165) is 19.5 Å². The van der Waals surface area contributed by atoms with Crippen molar-refractivity contribution in [1.82, 2.24) is 9.80 Å². The predicted octanol–water partition coefficient (Wildman–Crippen LogP) is 0.343. The van der Waals surface area contributed by atoms with E-state index in [9.17, 15) is 4.79 Å². The summed E-state index contributed by atoms with van der Waals surface area (Å²) in [4.78, 5) is 14.5. The molecule has 78 valence electrons. The number of carbonyl (C=O) groups is 1. The van der Waals surface area contributed by atoms with Gasteiger partial charge in [0.05, 0.1) is 0 Å². The first kappa shape index (κ1) is 12.4.